The molecule has 102 valence electrons. The summed E-state index contributed by atoms with van der Waals surface area (Å²) in [6.45, 7) is 4.90. The third kappa shape index (κ3) is 3.82. The van der Waals surface area contributed by atoms with Gasteiger partial charge in [0, 0.05) is 33.3 Å². The molecule has 1 saturated heterocycles. The molecule has 2 rings (SSSR count). The van der Waals surface area contributed by atoms with E-state index in [2.05, 4.69) is 17.1 Å². The first-order valence-corrected chi connectivity index (χ1v) is 6.93. The van der Waals surface area contributed by atoms with Crippen LogP contribution < -0.4 is 0 Å². The van der Waals surface area contributed by atoms with Crippen molar-refractivity contribution >= 4 is 5.91 Å². The molecule has 0 aromatic carbocycles. The van der Waals surface area contributed by atoms with Crippen LogP contribution in [-0.4, -0.2) is 62.1 Å². The Morgan fingerprint density at radius 2 is 2.28 bits per heavy atom. The van der Waals surface area contributed by atoms with Gasteiger partial charge in [0.15, 0.2) is 0 Å². The average molecular weight is 252 g/mol. The van der Waals surface area contributed by atoms with Crippen molar-refractivity contribution in [3.63, 3.8) is 0 Å². The van der Waals surface area contributed by atoms with Crippen LogP contribution >= 0.6 is 0 Å². The second-order valence-corrected chi connectivity index (χ2v) is 5.26. The number of amides is 1. The Labute approximate surface area is 110 Å². The summed E-state index contributed by atoms with van der Waals surface area (Å²) in [4.78, 5) is 16.2. The molecule has 0 bridgehead atoms. The molecule has 2 aliphatic rings. The van der Waals surface area contributed by atoms with Crippen molar-refractivity contribution in [2.45, 2.75) is 19.3 Å². The summed E-state index contributed by atoms with van der Waals surface area (Å²) in [5.41, 5.74) is 0. The molecule has 0 aromatic rings. The predicted octanol–water partition coefficient (Wildman–Crippen LogP) is 1.13. The normalized spacial score (nSPS) is 25.7. The maximum absolute atomic E-state index is 12.0. The maximum atomic E-state index is 12.0. The number of methoxy groups -OCH3 is 1. The van der Waals surface area contributed by atoms with Crippen molar-refractivity contribution in [2.24, 2.45) is 5.92 Å². The Bertz CT molecular complexity index is 304. The lowest BCUT2D eigenvalue weighted by Gasteiger charge is -2.36. The zero-order valence-electron chi connectivity index (χ0n) is 11.3. The summed E-state index contributed by atoms with van der Waals surface area (Å²) in [5, 5.41) is 0. The van der Waals surface area contributed by atoms with Gasteiger partial charge in [0.25, 0.3) is 0 Å². The molecular formula is C14H24N2O2. The number of piperazine rings is 1. The van der Waals surface area contributed by atoms with E-state index >= 15 is 0 Å². The van der Waals surface area contributed by atoms with Crippen LogP contribution in [0.3, 0.4) is 0 Å². The fourth-order valence-electron chi connectivity index (χ4n) is 2.74. The molecule has 1 fully saturated rings. The molecule has 4 nitrogen and oxygen atoms in total. The Hall–Kier alpha value is -0.870. The highest BCUT2D eigenvalue weighted by atomic mass is 16.5. The number of carbonyl (C=O) groups is 1. The molecule has 1 amide bonds. The van der Waals surface area contributed by atoms with E-state index in [0.29, 0.717) is 13.2 Å². The van der Waals surface area contributed by atoms with E-state index in [0.717, 1.165) is 32.1 Å². The van der Waals surface area contributed by atoms with Crippen LogP contribution in [-0.2, 0) is 9.53 Å². The van der Waals surface area contributed by atoms with Crippen LogP contribution in [0.5, 0.6) is 0 Å². The first-order valence-electron chi connectivity index (χ1n) is 6.93. The van der Waals surface area contributed by atoms with Crippen molar-refractivity contribution < 1.29 is 9.53 Å². The van der Waals surface area contributed by atoms with Crippen LogP contribution in [0.25, 0.3) is 0 Å². The molecule has 0 spiro atoms. The van der Waals surface area contributed by atoms with Gasteiger partial charge in [0.05, 0.1) is 13.2 Å². The van der Waals surface area contributed by atoms with Gasteiger partial charge in [-0.25, -0.2) is 0 Å². The lowest BCUT2D eigenvalue weighted by molar-refractivity contribution is -0.136. The summed E-state index contributed by atoms with van der Waals surface area (Å²) < 4.78 is 5.03. The van der Waals surface area contributed by atoms with Crippen LogP contribution in [0.2, 0.25) is 0 Å². The van der Waals surface area contributed by atoms with Gasteiger partial charge in [-0.1, -0.05) is 12.2 Å². The fourth-order valence-corrected chi connectivity index (χ4v) is 2.74. The Morgan fingerprint density at radius 3 is 2.94 bits per heavy atom. The van der Waals surface area contributed by atoms with E-state index in [9.17, 15) is 4.79 Å². The maximum Gasteiger partial charge on any atom is 0.236 e. The number of allylic oxidation sites excluding steroid dienone is 2. The number of hydrogen-bond acceptors (Lipinski definition) is 3. The average Bonchev–Trinajstić information content (AvgIpc) is 2.39. The molecule has 0 unspecified atom stereocenters. The summed E-state index contributed by atoms with van der Waals surface area (Å²) in [6.07, 6.45) is 8.20. The van der Waals surface area contributed by atoms with Gasteiger partial charge in [-0.3, -0.25) is 9.69 Å². The van der Waals surface area contributed by atoms with E-state index in [1.165, 1.54) is 19.3 Å². The summed E-state index contributed by atoms with van der Waals surface area (Å²) >= 11 is 0. The number of rotatable bonds is 5. The van der Waals surface area contributed by atoms with E-state index < -0.39 is 0 Å². The van der Waals surface area contributed by atoms with Gasteiger partial charge < -0.3 is 9.64 Å². The predicted molar refractivity (Wildman–Crippen MR) is 71.4 cm³/mol. The smallest absolute Gasteiger partial charge is 0.236 e. The van der Waals surface area contributed by atoms with Crippen LogP contribution in [0.15, 0.2) is 12.2 Å². The van der Waals surface area contributed by atoms with Crippen molar-refractivity contribution in [2.75, 3.05) is 46.4 Å². The van der Waals surface area contributed by atoms with Gasteiger partial charge >= 0.3 is 0 Å². The van der Waals surface area contributed by atoms with E-state index in [4.69, 9.17) is 4.74 Å². The lowest BCUT2D eigenvalue weighted by atomic mass is 9.94. The number of carbonyl (C=O) groups excluding carboxylic acids is 1. The molecule has 0 radical (unpaired) electrons. The fraction of sp³-hybridized carbons (Fsp3) is 0.786. The monoisotopic (exact) mass is 252 g/mol. The minimum absolute atomic E-state index is 0.254. The SMILES string of the molecule is COCCN1CCN(C[C@@H]2CC=CCC2)CC1=O. The molecule has 0 aromatic heterocycles. The summed E-state index contributed by atoms with van der Waals surface area (Å²) in [5.74, 6) is 0.998. The molecule has 1 aliphatic heterocycles. The number of ether oxygens (including phenoxy) is 1. The van der Waals surface area contributed by atoms with Gasteiger partial charge in [0.2, 0.25) is 5.91 Å². The molecule has 4 heteroatoms. The van der Waals surface area contributed by atoms with Gasteiger partial charge in [0.1, 0.15) is 0 Å². The van der Waals surface area contributed by atoms with Gasteiger partial charge in [-0.2, -0.15) is 0 Å². The van der Waals surface area contributed by atoms with E-state index in [1.807, 2.05) is 4.90 Å². The second-order valence-electron chi connectivity index (χ2n) is 5.26. The molecule has 0 saturated carbocycles. The topological polar surface area (TPSA) is 32.8 Å². The molecule has 1 atom stereocenters. The first kappa shape index (κ1) is 13.6. The third-order valence-corrected chi connectivity index (χ3v) is 3.86. The molecule has 1 aliphatic carbocycles. The van der Waals surface area contributed by atoms with Gasteiger partial charge in [-0.05, 0) is 25.2 Å². The minimum Gasteiger partial charge on any atom is -0.383 e. The van der Waals surface area contributed by atoms with Crippen LogP contribution in [0.4, 0.5) is 0 Å². The zero-order valence-corrected chi connectivity index (χ0v) is 11.3. The van der Waals surface area contributed by atoms with Crippen LogP contribution in [0, 0.1) is 5.92 Å². The van der Waals surface area contributed by atoms with Crippen molar-refractivity contribution in [1.82, 2.24) is 9.80 Å². The lowest BCUT2D eigenvalue weighted by Crippen LogP contribution is -2.52. The van der Waals surface area contributed by atoms with Crippen LogP contribution in [0.1, 0.15) is 19.3 Å². The molecule has 18 heavy (non-hydrogen) atoms. The van der Waals surface area contributed by atoms with Crippen molar-refractivity contribution in [3.8, 4) is 0 Å². The molecule has 1 heterocycles. The quantitative estimate of drug-likeness (QED) is 0.688. The van der Waals surface area contributed by atoms with E-state index in [1.54, 1.807) is 7.11 Å². The van der Waals surface area contributed by atoms with E-state index in [-0.39, 0.29) is 5.91 Å². The third-order valence-electron chi connectivity index (χ3n) is 3.86. The summed E-state index contributed by atoms with van der Waals surface area (Å²) in [7, 11) is 1.68. The highest BCUT2D eigenvalue weighted by Crippen LogP contribution is 2.20. The number of hydrogen-bond donors (Lipinski definition) is 0. The zero-order chi connectivity index (χ0) is 12.8. The first-order chi connectivity index (χ1) is 8.79. The highest BCUT2D eigenvalue weighted by molar-refractivity contribution is 5.79. The van der Waals surface area contributed by atoms with Crippen molar-refractivity contribution in [1.29, 1.82) is 0 Å². The largest absolute Gasteiger partial charge is 0.383 e. The Morgan fingerprint density at radius 1 is 1.39 bits per heavy atom. The highest BCUT2D eigenvalue weighted by Gasteiger charge is 2.25. The second kappa shape index (κ2) is 6.90. The Kier molecular flexibility index (Phi) is 5.20. The minimum atomic E-state index is 0.254. The number of nitrogens with zero attached hydrogens (tertiary/aromatic N) is 2. The summed E-state index contributed by atoms with van der Waals surface area (Å²) in [6, 6.07) is 0. The van der Waals surface area contributed by atoms with Gasteiger partial charge in [-0.15, -0.1) is 0 Å². The molecule has 0 N–H and O–H groups in total. The standard InChI is InChI=1S/C14H24N2O2/c1-18-10-9-16-8-7-15(12-14(16)17)11-13-5-3-2-4-6-13/h2-3,13H,4-12H2,1H3/t13-/m1/s1. The molecular weight excluding hydrogens is 228 g/mol. The Balaban J connectivity index is 1.73. The van der Waals surface area contributed by atoms with Crippen molar-refractivity contribution in [3.05, 3.63) is 12.2 Å².